The number of aromatic amines is 1. The van der Waals surface area contributed by atoms with Crippen LogP contribution in [0.4, 0.5) is 0 Å². The molecule has 0 amide bonds. The standard InChI is InChI=1S/C14H17N3/c1-10-6-11(9-17(2)8-10)13-7-16-14-12(13)4-3-5-15-14/h3-7,10H,8-9H2,1-2H3,(H,15,16). The predicted molar refractivity (Wildman–Crippen MR) is 70.7 cm³/mol. The number of H-pyrrole nitrogens is 1. The number of nitrogens with one attached hydrogen (secondary N) is 1. The van der Waals surface area contributed by atoms with E-state index < -0.39 is 0 Å². The molecule has 0 bridgehead atoms. The third-order valence-electron chi connectivity index (χ3n) is 3.32. The summed E-state index contributed by atoms with van der Waals surface area (Å²) in [5.74, 6) is 0.616. The van der Waals surface area contributed by atoms with Gasteiger partial charge in [0.25, 0.3) is 0 Å². The van der Waals surface area contributed by atoms with E-state index in [0.717, 1.165) is 18.7 Å². The monoisotopic (exact) mass is 227 g/mol. The fraction of sp³-hybridized carbons (Fsp3) is 0.357. The van der Waals surface area contributed by atoms with Crippen molar-refractivity contribution in [3.8, 4) is 0 Å². The smallest absolute Gasteiger partial charge is 0.137 e. The van der Waals surface area contributed by atoms with Gasteiger partial charge in [0.2, 0.25) is 0 Å². The fourth-order valence-corrected chi connectivity index (χ4v) is 2.69. The van der Waals surface area contributed by atoms with E-state index in [1.54, 1.807) is 0 Å². The summed E-state index contributed by atoms with van der Waals surface area (Å²) in [6.45, 7) is 4.43. The maximum atomic E-state index is 4.34. The molecule has 2 aromatic heterocycles. The number of pyridine rings is 1. The van der Waals surface area contributed by atoms with Crippen molar-refractivity contribution >= 4 is 16.6 Å². The molecule has 0 spiro atoms. The van der Waals surface area contributed by atoms with Crippen LogP contribution in [0.2, 0.25) is 0 Å². The Bertz CT molecular complexity index is 568. The molecular formula is C14H17N3. The van der Waals surface area contributed by atoms with Crippen LogP contribution in [0, 0.1) is 5.92 Å². The minimum atomic E-state index is 0.616. The first-order valence-electron chi connectivity index (χ1n) is 6.06. The van der Waals surface area contributed by atoms with E-state index in [1.807, 2.05) is 12.3 Å². The minimum Gasteiger partial charge on any atom is -0.346 e. The average molecular weight is 227 g/mol. The van der Waals surface area contributed by atoms with Crippen LogP contribution >= 0.6 is 0 Å². The van der Waals surface area contributed by atoms with E-state index in [0.29, 0.717) is 5.92 Å². The van der Waals surface area contributed by atoms with Gasteiger partial charge in [-0.15, -0.1) is 0 Å². The van der Waals surface area contributed by atoms with Crippen molar-refractivity contribution < 1.29 is 0 Å². The van der Waals surface area contributed by atoms with Gasteiger partial charge in [-0.2, -0.15) is 0 Å². The third kappa shape index (κ3) is 1.87. The van der Waals surface area contributed by atoms with Crippen molar-refractivity contribution in [1.82, 2.24) is 14.9 Å². The first-order chi connectivity index (χ1) is 8.24. The van der Waals surface area contributed by atoms with Gasteiger partial charge in [-0.3, -0.25) is 0 Å². The summed E-state index contributed by atoms with van der Waals surface area (Å²) in [6.07, 6.45) is 6.29. The summed E-state index contributed by atoms with van der Waals surface area (Å²) in [6, 6.07) is 4.13. The maximum Gasteiger partial charge on any atom is 0.137 e. The number of aromatic nitrogens is 2. The third-order valence-corrected chi connectivity index (χ3v) is 3.32. The van der Waals surface area contributed by atoms with Crippen molar-refractivity contribution in [2.75, 3.05) is 20.1 Å². The summed E-state index contributed by atoms with van der Waals surface area (Å²) in [5.41, 5.74) is 3.68. The van der Waals surface area contributed by atoms with Crippen LogP contribution in [0.15, 0.2) is 30.6 Å². The van der Waals surface area contributed by atoms with Crippen molar-refractivity contribution in [2.45, 2.75) is 6.92 Å². The summed E-state index contributed by atoms with van der Waals surface area (Å²) >= 11 is 0. The number of rotatable bonds is 1. The number of likely N-dealkylation sites (N-methyl/N-ethyl adjacent to an activating group) is 1. The first kappa shape index (κ1) is 10.5. The maximum absolute atomic E-state index is 4.34. The van der Waals surface area contributed by atoms with E-state index in [4.69, 9.17) is 0 Å². The lowest BCUT2D eigenvalue weighted by atomic mass is 9.96. The largest absolute Gasteiger partial charge is 0.346 e. The van der Waals surface area contributed by atoms with Gasteiger partial charge < -0.3 is 9.88 Å². The Balaban J connectivity index is 2.09. The van der Waals surface area contributed by atoms with Crippen LogP contribution in [-0.4, -0.2) is 35.0 Å². The first-order valence-corrected chi connectivity index (χ1v) is 6.06. The molecule has 0 aliphatic carbocycles. The molecule has 17 heavy (non-hydrogen) atoms. The lowest BCUT2D eigenvalue weighted by Gasteiger charge is -2.27. The zero-order valence-electron chi connectivity index (χ0n) is 10.3. The molecule has 0 radical (unpaired) electrons. The van der Waals surface area contributed by atoms with Gasteiger partial charge in [0.1, 0.15) is 5.65 Å². The molecule has 1 N–H and O–H groups in total. The van der Waals surface area contributed by atoms with Gasteiger partial charge in [-0.25, -0.2) is 4.98 Å². The van der Waals surface area contributed by atoms with Crippen molar-refractivity contribution in [2.24, 2.45) is 5.92 Å². The Kier molecular flexibility index (Phi) is 2.48. The van der Waals surface area contributed by atoms with Gasteiger partial charge in [0, 0.05) is 36.4 Å². The second kappa shape index (κ2) is 4.00. The molecule has 1 atom stereocenters. The average Bonchev–Trinajstić information content (AvgIpc) is 2.71. The Morgan fingerprint density at radius 3 is 3.18 bits per heavy atom. The number of hydrogen-bond donors (Lipinski definition) is 1. The predicted octanol–water partition coefficient (Wildman–Crippen LogP) is 2.53. The Morgan fingerprint density at radius 2 is 2.35 bits per heavy atom. The molecule has 0 aromatic carbocycles. The van der Waals surface area contributed by atoms with E-state index in [2.05, 4.69) is 47.2 Å². The molecule has 1 aliphatic rings. The minimum absolute atomic E-state index is 0.616. The van der Waals surface area contributed by atoms with Crippen molar-refractivity contribution in [3.05, 3.63) is 36.2 Å². The normalized spacial score (nSPS) is 21.8. The molecule has 2 aromatic rings. The highest BCUT2D eigenvalue weighted by Gasteiger charge is 2.17. The van der Waals surface area contributed by atoms with Gasteiger partial charge in [0.15, 0.2) is 0 Å². The van der Waals surface area contributed by atoms with E-state index >= 15 is 0 Å². The molecule has 3 heteroatoms. The van der Waals surface area contributed by atoms with Gasteiger partial charge in [0.05, 0.1) is 0 Å². The molecular weight excluding hydrogens is 210 g/mol. The highest BCUT2D eigenvalue weighted by atomic mass is 15.1. The lowest BCUT2D eigenvalue weighted by molar-refractivity contribution is 0.330. The molecule has 0 saturated heterocycles. The van der Waals surface area contributed by atoms with Gasteiger partial charge in [-0.05, 0) is 30.7 Å². The van der Waals surface area contributed by atoms with Gasteiger partial charge >= 0.3 is 0 Å². The van der Waals surface area contributed by atoms with Crippen LogP contribution in [0.5, 0.6) is 0 Å². The van der Waals surface area contributed by atoms with E-state index in [9.17, 15) is 0 Å². The zero-order valence-corrected chi connectivity index (χ0v) is 10.3. The molecule has 1 unspecified atom stereocenters. The Labute approximate surface area is 101 Å². The summed E-state index contributed by atoms with van der Waals surface area (Å²) in [5, 5.41) is 1.22. The van der Waals surface area contributed by atoms with Crippen LogP contribution in [0.1, 0.15) is 12.5 Å². The SMILES string of the molecule is CC1C=C(c2c[nH]c3ncccc23)CN(C)C1. The summed E-state index contributed by atoms with van der Waals surface area (Å²) in [7, 11) is 2.18. The second-order valence-corrected chi connectivity index (χ2v) is 4.97. The zero-order chi connectivity index (χ0) is 11.8. The molecule has 3 heterocycles. The van der Waals surface area contributed by atoms with E-state index in [-0.39, 0.29) is 0 Å². The molecule has 1 aliphatic heterocycles. The number of hydrogen-bond acceptors (Lipinski definition) is 2. The van der Waals surface area contributed by atoms with Crippen molar-refractivity contribution in [3.63, 3.8) is 0 Å². The highest BCUT2D eigenvalue weighted by molar-refractivity contribution is 5.91. The summed E-state index contributed by atoms with van der Waals surface area (Å²) in [4.78, 5) is 9.95. The van der Waals surface area contributed by atoms with Crippen LogP contribution in [0.25, 0.3) is 16.6 Å². The number of nitrogens with zero attached hydrogens (tertiary/aromatic N) is 2. The quantitative estimate of drug-likeness (QED) is 0.811. The van der Waals surface area contributed by atoms with Gasteiger partial charge in [-0.1, -0.05) is 13.0 Å². The van der Waals surface area contributed by atoms with Crippen molar-refractivity contribution in [1.29, 1.82) is 0 Å². The Hall–Kier alpha value is -1.61. The van der Waals surface area contributed by atoms with E-state index in [1.165, 1.54) is 16.5 Å². The Morgan fingerprint density at radius 1 is 1.47 bits per heavy atom. The number of fused-ring (bicyclic) bond motifs is 1. The van der Waals surface area contributed by atoms with Crippen LogP contribution in [0.3, 0.4) is 0 Å². The molecule has 3 nitrogen and oxygen atoms in total. The highest BCUT2D eigenvalue weighted by Crippen LogP contribution is 2.27. The van der Waals surface area contributed by atoms with Crippen LogP contribution in [-0.2, 0) is 0 Å². The molecule has 0 saturated carbocycles. The topological polar surface area (TPSA) is 31.9 Å². The molecule has 88 valence electrons. The fourth-order valence-electron chi connectivity index (χ4n) is 2.69. The van der Waals surface area contributed by atoms with Crippen LogP contribution < -0.4 is 0 Å². The molecule has 0 fully saturated rings. The second-order valence-electron chi connectivity index (χ2n) is 4.97. The molecule has 3 rings (SSSR count). The lowest BCUT2D eigenvalue weighted by Crippen LogP contribution is -2.29. The summed E-state index contributed by atoms with van der Waals surface area (Å²) < 4.78 is 0.